The molecule has 6 heteroatoms. The minimum absolute atomic E-state index is 0.00479. The van der Waals surface area contributed by atoms with E-state index in [4.69, 9.17) is 0 Å². The van der Waals surface area contributed by atoms with E-state index in [0.29, 0.717) is 6.29 Å². The molecule has 4 nitrogen and oxygen atoms in total. The lowest BCUT2D eigenvalue weighted by Crippen LogP contribution is -2.25. The molecule has 1 unspecified atom stereocenters. The quantitative estimate of drug-likeness (QED) is 0.586. The van der Waals surface area contributed by atoms with Gasteiger partial charge >= 0.3 is 12.3 Å². The Balaban J connectivity index is 2.74. The van der Waals surface area contributed by atoms with E-state index in [9.17, 15) is 18.4 Å². The van der Waals surface area contributed by atoms with Crippen LogP contribution >= 0.6 is 0 Å². The molecule has 1 aromatic rings. The Morgan fingerprint density at radius 2 is 2.24 bits per heavy atom. The smallest absolute Gasteiger partial charge is 0.381 e. The molecule has 0 radical (unpaired) electrons. The fraction of sp³-hybridized carbons (Fsp3) is 0.273. The van der Waals surface area contributed by atoms with Gasteiger partial charge in [0.15, 0.2) is 11.6 Å². The number of esters is 1. The van der Waals surface area contributed by atoms with Crippen molar-refractivity contribution in [3.05, 3.63) is 29.6 Å². The number of hydrogen-bond acceptors (Lipinski definition) is 4. The molecule has 0 spiro atoms. The topological polar surface area (TPSA) is 52.6 Å². The first kappa shape index (κ1) is 13.1. The van der Waals surface area contributed by atoms with Gasteiger partial charge in [0.1, 0.15) is 6.29 Å². The van der Waals surface area contributed by atoms with Crippen LogP contribution in [0.1, 0.15) is 17.3 Å². The maximum atomic E-state index is 13.2. The second kappa shape index (κ2) is 5.93. The lowest BCUT2D eigenvalue weighted by Gasteiger charge is -2.10. The van der Waals surface area contributed by atoms with Crippen LogP contribution in [0.25, 0.3) is 0 Å². The Kier molecular flexibility index (Phi) is 4.56. The van der Waals surface area contributed by atoms with Gasteiger partial charge in [0.05, 0.1) is 6.61 Å². The monoisotopic (exact) mass is 244 g/mol. The van der Waals surface area contributed by atoms with Gasteiger partial charge in [0, 0.05) is 5.56 Å². The second-order valence-corrected chi connectivity index (χ2v) is 2.99. The summed E-state index contributed by atoms with van der Waals surface area (Å²) in [6, 6.07) is 3.17. The van der Waals surface area contributed by atoms with Gasteiger partial charge in [-0.3, -0.25) is 4.79 Å². The first-order valence-corrected chi connectivity index (χ1v) is 4.80. The van der Waals surface area contributed by atoms with Crippen LogP contribution < -0.4 is 4.74 Å². The van der Waals surface area contributed by atoms with Crippen LogP contribution in [0.2, 0.25) is 0 Å². The molecule has 0 heterocycles. The van der Waals surface area contributed by atoms with E-state index >= 15 is 0 Å². The molecule has 0 aliphatic rings. The molecule has 92 valence electrons. The number of benzene rings is 1. The summed E-state index contributed by atoms with van der Waals surface area (Å²) in [5.74, 6) is -2.62. The van der Waals surface area contributed by atoms with Gasteiger partial charge in [0.25, 0.3) is 0 Å². The normalized spacial score (nSPS) is 11.7. The number of hydrogen-bond donors (Lipinski definition) is 0. The number of carbonyl (C=O) groups is 2. The zero-order valence-electron chi connectivity index (χ0n) is 8.98. The van der Waals surface area contributed by atoms with Gasteiger partial charge in [-0.05, 0) is 25.1 Å². The van der Waals surface area contributed by atoms with Crippen molar-refractivity contribution in [2.75, 3.05) is 6.61 Å². The van der Waals surface area contributed by atoms with Crippen LogP contribution in [0, 0.1) is 5.82 Å². The third-order valence-corrected chi connectivity index (χ3v) is 1.79. The number of aldehydes is 1. The summed E-state index contributed by atoms with van der Waals surface area (Å²) < 4.78 is 35.1. The molecule has 17 heavy (non-hydrogen) atoms. The Morgan fingerprint density at radius 3 is 2.76 bits per heavy atom. The highest BCUT2D eigenvalue weighted by molar-refractivity contribution is 5.75. The van der Waals surface area contributed by atoms with Gasteiger partial charge in [-0.2, -0.15) is 4.39 Å². The summed E-state index contributed by atoms with van der Waals surface area (Å²) in [6.07, 6.45) is -1.96. The molecule has 1 rings (SSSR count). The zero-order valence-corrected chi connectivity index (χ0v) is 8.98. The summed E-state index contributed by atoms with van der Waals surface area (Å²) in [5, 5.41) is 0. The van der Waals surface area contributed by atoms with E-state index < -0.39 is 23.9 Å². The standard InChI is InChI=1S/C11H10F2O4/c1-2-16-11(15)10(13)17-9-4-3-7(6-14)5-8(9)12/h3-6,10H,2H2,1H3. The number of halogens is 2. The highest BCUT2D eigenvalue weighted by Crippen LogP contribution is 2.19. The summed E-state index contributed by atoms with van der Waals surface area (Å²) >= 11 is 0. The highest BCUT2D eigenvalue weighted by atomic mass is 19.1. The zero-order chi connectivity index (χ0) is 12.8. The molecule has 0 fully saturated rings. The molecule has 0 bridgehead atoms. The number of ether oxygens (including phenoxy) is 2. The van der Waals surface area contributed by atoms with Crippen LogP contribution in [-0.4, -0.2) is 25.2 Å². The molecule has 0 aliphatic carbocycles. The molecule has 1 aromatic carbocycles. The average molecular weight is 244 g/mol. The molecule has 0 N–H and O–H groups in total. The first-order chi connectivity index (χ1) is 8.08. The van der Waals surface area contributed by atoms with E-state index in [1.54, 1.807) is 0 Å². The van der Waals surface area contributed by atoms with Gasteiger partial charge in [-0.1, -0.05) is 0 Å². The van der Waals surface area contributed by atoms with Crippen LogP contribution in [0.4, 0.5) is 8.78 Å². The van der Waals surface area contributed by atoms with Crippen molar-refractivity contribution in [1.82, 2.24) is 0 Å². The van der Waals surface area contributed by atoms with E-state index in [0.717, 1.165) is 12.1 Å². The maximum Gasteiger partial charge on any atom is 0.381 e. The Bertz CT molecular complexity index is 420. The predicted octanol–water partition coefficient (Wildman–Crippen LogP) is 1.88. The van der Waals surface area contributed by atoms with Crippen molar-refractivity contribution in [3.63, 3.8) is 0 Å². The molecule has 0 saturated heterocycles. The fourth-order valence-electron chi connectivity index (χ4n) is 1.05. The largest absolute Gasteiger partial charge is 0.461 e. The Labute approximate surface area is 96.1 Å². The van der Waals surface area contributed by atoms with Crippen molar-refractivity contribution >= 4 is 12.3 Å². The van der Waals surface area contributed by atoms with Crippen molar-refractivity contribution < 1.29 is 27.8 Å². The molecule has 0 aromatic heterocycles. The molecular weight excluding hydrogens is 234 g/mol. The van der Waals surface area contributed by atoms with Crippen LogP contribution in [-0.2, 0) is 9.53 Å². The average Bonchev–Trinajstić information content (AvgIpc) is 2.31. The van der Waals surface area contributed by atoms with Crippen molar-refractivity contribution in [2.45, 2.75) is 13.3 Å². The summed E-state index contributed by atoms with van der Waals surface area (Å²) in [7, 11) is 0. The highest BCUT2D eigenvalue weighted by Gasteiger charge is 2.21. The van der Waals surface area contributed by atoms with Crippen LogP contribution in [0.5, 0.6) is 5.75 Å². The van der Waals surface area contributed by atoms with E-state index in [2.05, 4.69) is 9.47 Å². The molecule has 0 amide bonds. The van der Waals surface area contributed by atoms with E-state index in [1.165, 1.54) is 13.0 Å². The third kappa shape index (κ3) is 3.51. The summed E-state index contributed by atoms with van der Waals surface area (Å²) in [4.78, 5) is 21.2. The van der Waals surface area contributed by atoms with Crippen molar-refractivity contribution in [1.29, 1.82) is 0 Å². The van der Waals surface area contributed by atoms with E-state index in [-0.39, 0.29) is 12.2 Å². The van der Waals surface area contributed by atoms with Gasteiger partial charge in [-0.15, -0.1) is 0 Å². The van der Waals surface area contributed by atoms with Crippen molar-refractivity contribution in [2.24, 2.45) is 0 Å². The lowest BCUT2D eigenvalue weighted by molar-refractivity contribution is -0.160. The molecule has 1 atom stereocenters. The van der Waals surface area contributed by atoms with Gasteiger partial charge < -0.3 is 9.47 Å². The molecular formula is C11H10F2O4. The van der Waals surface area contributed by atoms with Crippen molar-refractivity contribution in [3.8, 4) is 5.75 Å². The number of rotatable bonds is 5. The Morgan fingerprint density at radius 1 is 1.53 bits per heavy atom. The van der Waals surface area contributed by atoms with Crippen LogP contribution in [0.3, 0.4) is 0 Å². The van der Waals surface area contributed by atoms with E-state index in [1.807, 2.05) is 0 Å². The summed E-state index contributed by atoms with van der Waals surface area (Å²) in [5.41, 5.74) is 0.0846. The lowest BCUT2D eigenvalue weighted by atomic mass is 10.2. The number of alkyl halides is 1. The minimum atomic E-state index is -2.40. The third-order valence-electron chi connectivity index (χ3n) is 1.79. The van der Waals surface area contributed by atoms with Crippen LogP contribution in [0.15, 0.2) is 18.2 Å². The number of carbonyl (C=O) groups excluding carboxylic acids is 2. The molecule has 0 saturated carbocycles. The predicted molar refractivity (Wildman–Crippen MR) is 53.9 cm³/mol. The SMILES string of the molecule is CCOC(=O)C(F)Oc1ccc(C=O)cc1F. The molecule has 0 aliphatic heterocycles. The van der Waals surface area contributed by atoms with Gasteiger partial charge in [0.2, 0.25) is 0 Å². The first-order valence-electron chi connectivity index (χ1n) is 4.80. The minimum Gasteiger partial charge on any atom is -0.461 e. The maximum absolute atomic E-state index is 13.2. The summed E-state index contributed by atoms with van der Waals surface area (Å²) in [6.45, 7) is 1.50. The second-order valence-electron chi connectivity index (χ2n) is 2.99. The van der Waals surface area contributed by atoms with Gasteiger partial charge in [-0.25, -0.2) is 9.18 Å². The fourth-order valence-corrected chi connectivity index (χ4v) is 1.05. The Hall–Kier alpha value is -1.98.